The van der Waals surface area contributed by atoms with E-state index in [1.54, 1.807) is 17.7 Å². The van der Waals surface area contributed by atoms with Crippen LogP contribution in [0.3, 0.4) is 0 Å². The molecular formula is C22H29N3OS. The number of ether oxygens (including phenoxy) is 1. The van der Waals surface area contributed by atoms with Crippen molar-refractivity contribution >= 4 is 27.4 Å². The Hall–Kier alpha value is -1.98. The fraction of sp³-hybridized carbons (Fsp3) is 0.455. The number of unbranched alkanes of at least 4 members (excludes halogenated alkanes) is 1. The smallest absolute Gasteiger partial charge is 0.138 e. The Balaban J connectivity index is 1.72. The van der Waals surface area contributed by atoms with Gasteiger partial charge in [0, 0.05) is 30.7 Å². The summed E-state index contributed by atoms with van der Waals surface area (Å²) in [6.45, 7) is 9.11. The largest absolute Gasteiger partial charge is 0.381 e. The van der Waals surface area contributed by atoms with Gasteiger partial charge < -0.3 is 10.1 Å². The Labute approximate surface area is 166 Å². The van der Waals surface area contributed by atoms with Crippen LogP contribution in [0.1, 0.15) is 51.5 Å². The van der Waals surface area contributed by atoms with Gasteiger partial charge in [-0.2, -0.15) is 0 Å². The molecule has 0 aliphatic rings. The first-order valence-corrected chi connectivity index (χ1v) is 10.7. The van der Waals surface area contributed by atoms with Gasteiger partial charge in [0.1, 0.15) is 17.0 Å². The lowest BCUT2D eigenvalue weighted by Crippen LogP contribution is -2.08. The molecule has 0 fully saturated rings. The summed E-state index contributed by atoms with van der Waals surface area (Å²) in [4.78, 5) is 9.98. The molecule has 2 aromatic heterocycles. The van der Waals surface area contributed by atoms with Crippen LogP contribution >= 0.6 is 11.3 Å². The van der Waals surface area contributed by atoms with Crippen molar-refractivity contribution in [3.63, 3.8) is 0 Å². The summed E-state index contributed by atoms with van der Waals surface area (Å²) in [6, 6.07) is 8.84. The van der Waals surface area contributed by atoms with E-state index in [9.17, 15) is 0 Å². The SMILES string of the molecule is CCCCOCCCNc1ncnc2scc(-c3ccc(C(C)C)cc3)c12. The lowest BCUT2D eigenvalue weighted by Gasteiger charge is -2.10. The van der Waals surface area contributed by atoms with Gasteiger partial charge in [0.15, 0.2) is 0 Å². The maximum Gasteiger partial charge on any atom is 0.138 e. The van der Waals surface area contributed by atoms with Crippen LogP contribution in [0.15, 0.2) is 36.0 Å². The molecule has 0 aliphatic heterocycles. The standard InChI is InChI=1S/C22H29N3OS/c1-4-5-12-26-13-6-11-23-21-20-19(14-27-22(20)25-15-24-21)18-9-7-17(8-10-18)16(2)3/h7-10,14-16H,4-6,11-13H2,1-3H3,(H,23,24,25). The Morgan fingerprint density at radius 3 is 2.59 bits per heavy atom. The summed E-state index contributed by atoms with van der Waals surface area (Å²) < 4.78 is 5.64. The van der Waals surface area contributed by atoms with Crippen LogP contribution in [-0.2, 0) is 4.74 Å². The van der Waals surface area contributed by atoms with E-state index in [0.29, 0.717) is 5.92 Å². The third-order valence-electron chi connectivity index (χ3n) is 4.66. The molecule has 0 aliphatic carbocycles. The van der Waals surface area contributed by atoms with Crippen molar-refractivity contribution in [2.45, 2.75) is 46.0 Å². The minimum atomic E-state index is 0.540. The first-order chi connectivity index (χ1) is 13.2. The van der Waals surface area contributed by atoms with E-state index in [1.165, 1.54) is 23.1 Å². The van der Waals surface area contributed by atoms with E-state index in [0.717, 1.165) is 48.6 Å². The van der Waals surface area contributed by atoms with Crippen molar-refractivity contribution in [1.82, 2.24) is 9.97 Å². The number of fused-ring (bicyclic) bond motifs is 1. The van der Waals surface area contributed by atoms with Crippen LogP contribution in [0.4, 0.5) is 5.82 Å². The number of hydrogen-bond acceptors (Lipinski definition) is 5. The second-order valence-electron chi connectivity index (χ2n) is 7.07. The second-order valence-corrected chi connectivity index (χ2v) is 7.93. The monoisotopic (exact) mass is 383 g/mol. The molecule has 1 N–H and O–H groups in total. The zero-order valence-electron chi connectivity index (χ0n) is 16.5. The molecule has 144 valence electrons. The molecule has 1 aromatic carbocycles. The minimum absolute atomic E-state index is 0.540. The van der Waals surface area contributed by atoms with Crippen LogP contribution < -0.4 is 5.32 Å². The van der Waals surface area contributed by atoms with Crippen molar-refractivity contribution < 1.29 is 4.74 Å². The van der Waals surface area contributed by atoms with Gasteiger partial charge in [-0.05, 0) is 29.9 Å². The van der Waals surface area contributed by atoms with Gasteiger partial charge in [-0.3, -0.25) is 0 Å². The molecule has 0 bridgehead atoms. The van der Waals surface area contributed by atoms with E-state index in [4.69, 9.17) is 4.74 Å². The van der Waals surface area contributed by atoms with E-state index in [1.807, 2.05) is 0 Å². The molecule has 3 rings (SSSR count). The van der Waals surface area contributed by atoms with Gasteiger partial charge >= 0.3 is 0 Å². The number of rotatable bonds is 10. The number of thiophene rings is 1. The predicted octanol–water partition coefficient (Wildman–Crippen LogP) is 6.10. The highest BCUT2D eigenvalue weighted by Gasteiger charge is 2.13. The van der Waals surface area contributed by atoms with Crippen molar-refractivity contribution in [1.29, 1.82) is 0 Å². The van der Waals surface area contributed by atoms with Crippen molar-refractivity contribution in [2.24, 2.45) is 0 Å². The van der Waals surface area contributed by atoms with Gasteiger partial charge in [0.05, 0.1) is 5.39 Å². The maximum atomic E-state index is 5.64. The Morgan fingerprint density at radius 2 is 1.85 bits per heavy atom. The van der Waals surface area contributed by atoms with Crippen molar-refractivity contribution in [3.8, 4) is 11.1 Å². The summed E-state index contributed by atoms with van der Waals surface area (Å²) in [5, 5.41) is 6.78. The topological polar surface area (TPSA) is 47.0 Å². The van der Waals surface area contributed by atoms with Crippen LogP contribution in [0.2, 0.25) is 0 Å². The van der Waals surface area contributed by atoms with Crippen molar-refractivity contribution in [3.05, 3.63) is 41.5 Å². The molecule has 3 aromatic rings. The van der Waals surface area contributed by atoms with Crippen LogP contribution in [0.5, 0.6) is 0 Å². The van der Waals surface area contributed by atoms with E-state index in [-0.39, 0.29) is 0 Å². The summed E-state index contributed by atoms with van der Waals surface area (Å²) in [7, 11) is 0. The molecule has 0 spiro atoms. The van der Waals surface area contributed by atoms with Crippen LogP contribution in [-0.4, -0.2) is 29.7 Å². The molecule has 0 atom stereocenters. The Morgan fingerprint density at radius 1 is 1.07 bits per heavy atom. The summed E-state index contributed by atoms with van der Waals surface area (Å²) in [5.74, 6) is 1.45. The lowest BCUT2D eigenvalue weighted by molar-refractivity contribution is 0.131. The zero-order valence-corrected chi connectivity index (χ0v) is 17.3. The Kier molecular flexibility index (Phi) is 7.18. The average molecular weight is 384 g/mol. The molecule has 5 heteroatoms. The molecule has 0 saturated heterocycles. The van der Waals surface area contributed by atoms with Crippen LogP contribution in [0, 0.1) is 0 Å². The van der Waals surface area contributed by atoms with Gasteiger partial charge in [-0.15, -0.1) is 11.3 Å². The summed E-state index contributed by atoms with van der Waals surface area (Å²) in [6.07, 6.45) is 4.92. The highest BCUT2D eigenvalue weighted by atomic mass is 32.1. The van der Waals surface area contributed by atoms with E-state index >= 15 is 0 Å². The van der Waals surface area contributed by atoms with Gasteiger partial charge in [0.25, 0.3) is 0 Å². The fourth-order valence-corrected chi connectivity index (χ4v) is 3.91. The number of hydrogen-bond donors (Lipinski definition) is 1. The molecule has 0 saturated carbocycles. The van der Waals surface area contributed by atoms with Crippen LogP contribution in [0.25, 0.3) is 21.3 Å². The minimum Gasteiger partial charge on any atom is -0.381 e. The zero-order chi connectivity index (χ0) is 19.1. The third-order valence-corrected chi connectivity index (χ3v) is 5.55. The number of aromatic nitrogens is 2. The highest BCUT2D eigenvalue weighted by Crippen LogP contribution is 2.36. The summed E-state index contributed by atoms with van der Waals surface area (Å²) >= 11 is 1.67. The number of benzene rings is 1. The Bertz CT molecular complexity index is 842. The number of nitrogens with zero attached hydrogens (tertiary/aromatic N) is 2. The quantitative estimate of drug-likeness (QED) is 0.430. The normalized spacial score (nSPS) is 11.4. The summed E-state index contributed by atoms with van der Waals surface area (Å²) in [5.41, 5.74) is 3.77. The third kappa shape index (κ3) is 5.05. The fourth-order valence-electron chi connectivity index (χ4n) is 3.00. The average Bonchev–Trinajstić information content (AvgIpc) is 3.12. The number of anilines is 1. The molecule has 0 unspecified atom stereocenters. The first kappa shape index (κ1) is 19.8. The molecular weight excluding hydrogens is 354 g/mol. The molecule has 2 heterocycles. The second kappa shape index (κ2) is 9.81. The van der Waals surface area contributed by atoms with Crippen molar-refractivity contribution in [2.75, 3.05) is 25.1 Å². The number of nitrogens with one attached hydrogen (secondary N) is 1. The van der Waals surface area contributed by atoms with E-state index in [2.05, 4.69) is 65.7 Å². The molecule has 4 nitrogen and oxygen atoms in total. The van der Waals surface area contributed by atoms with Gasteiger partial charge in [0.2, 0.25) is 0 Å². The molecule has 0 amide bonds. The molecule has 27 heavy (non-hydrogen) atoms. The molecule has 0 radical (unpaired) electrons. The highest BCUT2D eigenvalue weighted by molar-refractivity contribution is 7.17. The predicted molar refractivity (Wildman–Crippen MR) is 116 cm³/mol. The van der Waals surface area contributed by atoms with Gasteiger partial charge in [-0.1, -0.05) is 51.5 Å². The first-order valence-electron chi connectivity index (χ1n) is 9.84. The van der Waals surface area contributed by atoms with Gasteiger partial charge in [-0.25, -0.2) is 9.97 Å². The van der Waals surface area contributed by atoms with E-state index < -0.39 is 0 Å². The maximum absolute atomic E-state index is 5.64. The lowest BCUT2D eigenvalue weighted by atomic mass is 9.99.